The van der Waals surface area contributed by atoms with Gasteiger partial charge < -0.3 is 35.6 Å². The molecule has 0 radical (unpaired) electrons. The van der Waals surface area contributed by atoms with Crippen LogP contribution in [0.4, 0.5) is 4.79 Å². The molecule has 0 bridgehead atoms. The quantitative estimate of drug-likeness (QED) is 0.130. The van der Waals surface area contributed by atoms with Gasteiger partial charge in [0, 0.05) is 25.7 Å². The molecule has 2 aromatic rings. The molecule has 0 aliphatic carbocycles. The third-order valence-corrected chi connectivity index (χ3v) is 9.63. The molecule has 4 atom stereocenters. The highest BCUT2D eigenvalue weighted by Crippen LogP contribution is 2.45. The summed E-state index contributed by atoms with van der Waals surface area (Å²) in [4.78, 5) is 62.3. The summed E-state index contributed by atoms with van der Waals surface area (Å²) in [5.41, 5.74) is 1.54. The lowest BCUT2D eigenvalue weighted by molar-refractivity contribution is -0.143. The molecule has 44 heavy (non-hydrogen) atoms. The predicted molar refractivity (Wildman–Crippen MR) is 165 cm³/mol. The van der Waals surface area contributed by atoms with Gasteiger partial charge in [0.05, 0.1) is 6.54 Å². The van der Waals surface area contributed by atoms with Crippen molar-refractivity contribution in [3.05, 3.63) is 71.8 Å². The van der Waals surface area contributed by atoms with Gasteiger partial charge in [-0.25, -0.2) is 9.59 Å². The summed E-state index contributed by atoms with van der Waals surface area (Å²) < 4.78 is 18.7. The Balaban J connectivity index is 1.53. The van der Waals surface area contributed by atoms with Crippen LogP contribution in [0.1, 0.15) is 50.2 Å². The molecule has 0 aromatic heterocycles. The summed E-state index contributed by atoms with van der Waals surface area (Å²) in [6, 6.07) is 16.3. The molecule has 5 N–H and O–H groups in total. The number of alkyl carbamates (subject to hydrolysis) is 1. The van der Waals surface area contributed by atoms with Crippen LogP contribution in [0.5, 0.6) is 0 Å². The van der Waals surface area contributed by atoms with Crippen molar-refractivity contribution >= 4 is 31.2 Å². The minimum Gasteiger partial charge on any atom is -0.480 e. The van der Waals surface area contributed by atoms with Crippen molar-refractivity contribution in [3.63, 3.8) is 0 Å². The van der Waals surface area contributed by atoms with Gasteiger partial charge in [-0.05, 0) is 30.4 Å². The molecular weight excluding hydrogens is 587 g/mol. The second kappa shape index (κ2) is 17.5. The maximum absolute atomic E-state index is 13.5. The first kappa shape index (κ1) is 34.8. The number of carbonyl (C=O) groups is 4. The van der Waals surface area contributed by atoms with Gasteiger partial charge in [-0.3, -0.25) is 14.2 Å². The second-order valence-corrected chi connectivity index (χ2v) is 13.4. The molecule has 1 aliphatic heterocycles. The average molecular weight is 631 g/mol. The molecule has 1 saturated heterocycles. The number of nitrogens with one attached hydrogen (secondary N) is 3. The summed E-state index contributed by atoms with van der Waals surface area (Å²) in [6.45, 7) is 2.14. The summed E-state index contributed by atoms with van der Waals surface area (Å²) in [5, 5.41) is 17.5. The number of aliphatic carboxylic acids is 1. The Bertz CT molecular complexity index is 1280. The Morgan fingerprint density at radius 3 is 2.32 bits per heavy atom. The highest BCUT2D eigenvalue weighted by molar-refractivity contribution is 7.58. The van der Waals surface area contributed by atoms with Crippen molar-refractivity contribution < 1.29 is 38.5 Å². The first-order valence-electron chi connectivity index (χ1n) is 15.0. The molecular formula is C31H43N4O8P. The molecule has 12 nitrogen and oxygen atoms in total. The van der Waals surface area contributed by atoms with Gasteiger partial charge in [0.25, 0.3) is 0 Å². The van der Waals surface area contributed by atoms with Gasteiger partial charge in [-0.2, -0.15) is 0 Å². The van der Waals surface area contributed by atoms with E-state index in [1.165, 1.54) is 4.90 Å². The highest BCUT2D eigenvalue weighted by Gasteiger charge is 2.36. The Labute approximate surface area is 258 Å². The molecule has 3 amide bonds. The smallest absolute Gasteiger partial charge is 0.408 e. The van der Waals surface area contributed by atoms with Gasteiger partial charge in [-0.15, -0.1) is 0 Å². The third-order valence-electron chi connectivity index (χ3n) is 7.48. The number of hydrogen-bond donors (Lipinski definition) is 5. The number of amides is 3. The monoisotopic (exact) mass is 630 g/mol. The van der Waals surface area contributed by atoms with E-state index in [2.05, 4.69) is 16.0 Å². The molecule has 0 spiro atoms. The summed E-state index contributed by atoms with van der Waals surface area (Å²) >= 11 is 0. The number of carbonyl (C=O) groups excluding carboxylic acids is 3. The Morgan fingerprint density at radius 2 is 1.68 bits per heavy atom. The molecule has 2 aromatic carbocycles. The summed E-state index contributed by atoms with van der Waals surface area (Å²) in [7, 11) is -3.98. The number of carboxylic acids is 1. The number of unbranched alkanes of at least 4 members (excludes halogenated alkanes) is 1. The zero-order valence-electron chi connectivity index (χ0n) is 25.0. The van der Waals surface area contributed by atoms with E-state index in [1.807, 2.05) is 31.2 Å². The Kier molecular flexibility index (Phi) is 13.9. The molecule has 0 saturated carbocycles. The van der Waals surface area contributed by atoms with Crippen LogP contribution in [0.3, 0.4) is 0 Å². The van der Waals surface area contributed by atoms with E-state index in [1.54, 1.807) is 36.4 Å². The lowest BCUT2D eigenvalue weighted by Gasteiger charge is -2.26. The number of rotatable bonds is 17. The van der Waals surface area contributed by atoms with Crippen LogP contribution in [0.2, 0.25) is 0 Å². The summed E-state index contributed by atoms with van der Waals surface area (Å²) in [6.07, 6.45) is 1.86. The molecule has 1 unspecified atom stereocenters. The maximum Gasteiger partial charge on any atom is 0.408 e. The highest BCUT2D eigenvalue weighted by atomic mass is 31.2. The number of ether oxygens (including phenoxy) is 1. The fourth-order valence-corrected chi connectivity index (χ4v) is 6.59. The third kappa shape index (κ3) is 11.1. The van der Waals surface area contributed by atoms with Crippen molar-refractivity contribution in [2.75, 3.05) is 25.8 Å². The van der Waals surface area contributed by atoms with E-state index in [9.17, 15) is 33.7 Å². The zero-order valence-corrected chi connectivity index (χ0v) is 25.9. The maximum atomic E-state index is 13.5. The van der Waals surface area contributed by atoms with E-state index in [-0.39, 0.29) is 38.2 Å². The van der Waals surface area contributed by atoms with Gasteiger partial charge in [-0.1, -0.05) is 80.4 Å². The van der Waals surface area contributed by atoms with Crippen molar-refractivity contribution in [3.8, 4) is 0 Å². The van der Waals surface area contributed by atoms with Crippen molar-refractivity contribution in [2.24, 2.45) is 0 Å². The molecule has 3 rings (SSSR count). The first-order chi connectivity index (χ1) is 21.1. The van der Waals surface area contributed by atoms with Crippen LogP contribution in [-0.4, -0.2) is 82.4 Å². The molecule has 1 fully saturated rings. The number of benzene rings is 2. The van der Waals surface area contributed by atoms with Gasteiger partial charge in [0.15, 0.2) is 0 Å². The van der Waals surface area contributed by atoms with Crippen molar-refractivity contribution in [1.82, 2.24) is 20.9 Å². The SMILES string of the molecule is CCCC[C@@H](NC(=O)[C@H]1CCCN1C(=O)CNCCP(=O)(O)[C@H](Cc1ccccc1)NC(=O)OCc1ccccc1)C(=O)O. The van der Waals surface area contributed by atoms with E-state index >= 15 is 0 Å². The minimum absolute atomic E-state index is 0.00829. The fraction of sp³-hybridized carbons (Fsp3) is 0.484. The second-order valence-electron chi connectivity index (χ2n) is 10.9. The van der Waals surface area contributed by atoms with Gasteiger partial charge >= 0.3 is 12.1 Å². The molecule has 1 heterocycles. The number of likely N-dealkylation sites (tertiary alicyclic amines) is 1. The fourth-order valence-electron chi connectivity index (χ4n) is 5.00. The summed E-state index contributed by atoms with van der Waals surface area (Å²) in [5.74, 6) is -3.08. The molecule has 240 valence electrons. The van der Waals surface area contributed by atoms with Crippen molar-refractivity contribution in [1.29, 1.82) is 0 Å². The van der Waals surface area contributed by atoms with Gasteiger partial charge in [0.2, 0.25) is 19.2 Å². The largest absolute Gasteiger partial charge is 0.480 e. The Hall–Kier alpha value is -3.73. The number of carboxylic acid groups (broad SMARTS) is 1. The average Bonchev–Trinajstić information content (AvgIpc) is 3.51. The molecule has 1 aliphatic rings. The van der Waals surface area contributed by atoms with Crippen LogP contribution in [0.25, 0.3) is 0 Å². The number of nitrogens with zero attached hydrogens (tertiary/aromatic N) is 1. The van der Waals surface area contributed by atoms with E-state index in [0.717, 1.165) is 17.5 Å². The normalized spacial score (nSPS) is 17.2. The lowest BCUT2D eigenvalue weighted by atomic mass is 10.1. The van der Waals surface area contributed by atoms with E-state index < -0.39 is 43.2 Å². The number of hydrogen-bond acceptors (Lipinski definition) is 7. The van der Waals surface area contributed by atoms with Crippen LogP contribution in [0, 0.1) is 0 Å². The van der Waals surface area contributed by atoms with Crippen LogP contribution >= 0.6 is 7.37 Å². The zero-order chi connectivity index (χ0) is 32.0. The van der Waals surface area contributed by atoms with Crippen LogP contribution in [0.15, 0.2) is 60.7 Å². The Morgan fingerprint density at radius 1 is 1.02 bits per heavy atom. The minimum atomic E-state index is -3.98. The molecule has 13 heteroatoms. The van der Waals surface area contributed by atoms with E-state index in [0.29, 0.717) is 32.2 Å². The lowest BCUT2D eigenvalue weighted by Crippen LogP contribution is -2.52. The van der Waals surface area contributed by atoms with E-state index in [4.69, 9.17) is 4.74 Å². The van der Waals surface area contributed by atoms with Crippen molar-refractivity contribution in [2.45, 2.75) is 69.9 Å². The first-order valence-corrected chi connectivity index (χ1v) is 16.9. The topological polar surface area (TPSA) is 174 Å². The van der Waals surface area contributed by atoms with Gasteiger partial charge in [0.1, 0.15) is 24.5 Å². The standard InChI is InChI=1S/C31H43N4O8P/c1-2-3-15-25(30(38)39)33-29(37)26-16-10-18-35(26)28(36)21-32-17-19-44(41,42)27(20-23-11-6-4-7-12-23)34-31(40)43-22-24-13-8-5-9-14-24/h4-9,11-14,25-27,32H,2-3,10,15-22H2,1H3,(H,33,37)(H,34,40)(H,38,39)(H,41,42)/t25-,26-,27-/m1/s1. The predicted octanol–water partition coefficient (Wildman–Crippen LogP) is 3.09. The van der Waals surface area contributed by atoms with Crippen LogP contribution < -0.4 is 16.0 Å². The van der Waals surface area contributed by atoms with Crippen LogP contribution in [-0.2, 0) is 36.7 Å².